The van der Waals surface area contributed by atoms with E-state index in [-0.39, 0.29) is 16.6 Å². The SMILES string of the molecule is C[Si](C)OC(c1cc(CBr)ccc1O[Si](C)(C)C(C)(C)C)C(C)(C)C. The van der Waals surface area contributed by atoms with Gasteiger partial charge in [0, 0.05) is 10.9 Å². The molecule has 5 heteroatoms. The van der Waals surface area contributed by atoms with Gasteiger partial charge in [-0.25, -0.2) is 0 Å². The van der Waals surface area contributed by atoms with E-state index in [0.717, 1.165) is 11.1 Å². The normalized spacial score (nSPS) is 14.7. The molecule has 2 nitrogen and oxygen atoms in total. The van der Waals surface area contributed by atoms with Crippen LogP contribution in [-0.2, 0) is 9.76 Å². The fourth-order valence-electron chi connectivity index (χ4n) is 2.35. The van der Waals surface area contributed by atoms with Crippen LogP contribution in [0.4, 0.5) is 0 Å². The summed E-state index contributed by atoms with van der Waals surface area (Å²) in [5, 5.41) is 1.01. The van der Waals surface area contributed by atoms with E-state index in [1.165, 1.54) is 11.1 Å². The Morgan fingerprint density at radius 1 is 1.08 bits per heavy atom. The highest BCUT2D eigenvalue weighted by Gasteiger charge is 2.40. The molecule has 1 rings (SSSR count). The maximum atomic E-state index is 6.71. The third kappa shape index (κ3) is 6.22. The van der Waals surface area contributed by atoms with Gasteiger partial charge in [-0.3, -0.25) is 0 Å². The summed E-state index contributed by atoms with van der Waals surface area (Å²) in [6, 6.07) is 6.56. The van der Waals surface area contributed by atoms with Crippen molar-refractivity contribution in [2.75, 3.05) is 0 Å². The van der Waals surface area contributed by atoms with Gasteiger partial charge in [0.25, 0.3) is 0 Å². The summed E-state index contributed by atoms with van der Waals surface area (Å²) in [6.45, 7) is 22.6. The van der Waals surface area contributed by atoms with Crippen molar-refractivity contribution < 1.29 is 8.85 Å². The number of halogens is 1. The topological polar surface area (TPSA) is 18.5 Å². The van der Waals surface area contributed by atoms with Gasteiger partial charge in [0.05, 0.1) is 6.10 Å². The van der Waals surface area contributed by atoms with Gasteiger partial charge in [0.15, 0.2) is 0 Å². The first-order chi connectivity index (χ1) is 11.2. The van der Waals surface area contributed by atoms with Crippen molar-refractivity contribution in [2.24, 2.45) is 5.41 Å². The summed E-state index contributed by atoms with van der Waals surface area (Å²) < 4.78 is 13.2. The van der Waals surface area contributed by atoms with Crippen LogP contribution < -0.4 is 4.43 Å². The van der Waals surface area contributed by atoms with Crippen molar-refractivity contribution in [2.45, 2.75) is 84.2 Å². The molecule has 0 aliphatic carbocycles. The van der Waals surface area contributed by atoms with Crippen molar-refractivity contribution >= 4 is 33.3 Å². The molecule has 1 atom stereocenters. The Bertz CT molecular complexity index is 572. The van der Waals surface area contributed by atoms with Gasteiger partial charge in [0.2, 0.25) is 17.4 Å². The number of hydrogen-bond donors (Lipinski definition) is 0. The van der Waals surface area contributed by atoms with Crippen LogP contribution in [0.3, 0.4) is 0 Å². The summed E-state index contributed by atoms with van der Waals surface area (Å²) in [4.78, 5) is 0. The second-order valence-electron chi connectivity index (χ2n) is 9.64. The molecule has 1 radical (unpaired) electrons. The molecule has 0 spiro atoms. The molecule has 25 heavy (non-hydrogen) atoms. The lowest BCUT2D eigenvalue weighted by Crippen LogP contribution is -2.44. The van der Waals surface area contributed by atoms with Gasteiger partial charge < -0.3 is 8.85 Å². The van der Waals surface area contributed by atoms with Crippen LogP contribution in [-0.4, -0.2) is 17.4 Å². The minimum absolute atomic E-state index is 0.0123. The summed E-state index contributed by atoms with van der Waals surface area (Å²) >= 11 is 3.59. The van der Waals surface area contributed by atoms with Gasteiger partial charge >= 0.3 is 0 Å². The highest BCUT2D eigenvalue weighted by Crippen LogP contribution is 2.44. The highest BCUT2D eigenvalue weighted by atomic mass is 79.9. The Balaban J connectivity index is 3.45. The number of alkyl halides is 1. The predicted molar refractivity (Wildman–Crippen MR) is 118 cm³/mol. The standard InChI is InChI=1S/C20H36BrO2Si2/c1-19(2,3)18(22-24(7)8)16-13-15(14-21)11-12-17(16)23-25(9,10)20(4,5)6/h11-13,18H,14H2,1-10H3. The Labute approximate surface area is 166 Å². The van der Waals surface area contributed by atoms with E-state index in [4.69, 9.17) is 8.85 Å². The van der Waals surface area contributed by atoms with E-state index in [9.17, 15) is 0 Å². The second-order valence-corrected chi connectivity index (χ2v) is 17.0. The van der Waals surface area contributed by atoms with E-state index in [2.05, 4.69) is 102 Å². The molecule has 0 saturated heterocycles. The first kappa shape index (κ1) is 22.9. The first-order valence-electron chi connectivity index (χ1n) is 9.03. The molecule has 0 aliphatic rings. The molecule has 0 saturated carbocycles. The minimum Gasteiger partial charge on any atom is -0.543 e. The molecular weight excluding hydrogens is 408 g/mol. The maximum absolute atomic E-state index is 6.71. The number of benzene rings is 1. The molecule has 0 aliphatic heterocycles. The lowest BCUT2D eigenvalue weighted by Gasteiger charge is -2.39. The van der Waals surface area contributed by atoms with Gasteiger partial charge in [0.1, 0.15) is 5.75 Å². The molecule has 0 aromatic heterocycles. The third-order valence-electron chi connectivity index (χ3n) is 4.82. The van der Waals surface area contributed by atoms with E-state index in [1.807, 2.05) is 0 Å². The molecule has 0 amide bonds. The molecular formula is C20H36BrO2Si2. The molecule has 0 bridgehead atoms. The average molecular weight is 445 g/mol. The highest BCUT2D eigenvalue weighted by molar-refractivity contribution is 9.08. The summed E-state index contributed by atoms with van der Waals surface area (Å²) in [5.74, 6) is 1.000. The Hall–Kier alpha value is -0.106. The van der Waals surface area contributed by atoms with E-state index in [0.29, 0.717) is 0 Å². The Kier molecular flexibility index (Phi) is 7.59. The van der Waals surface area contributed by atoms with Gasteiger partial charge in [-0.15, -0.1) is 0 Å². The maximum Gasteiger partial charge on any atom is 0.250 e. The van der Waals surface area contributed by atoms with Crippen molar-refractivity contribution in [1.29, 1.82) is 0 Å². The third-order valence-corrected chi connectivity index (χ3v) is 10.5. The number of rotatable bonds is 6. The molecule has 143 valence electrons. The smallest absolute Gasteiger partial charge is 0.250 e. The fraction of sp³-hybridized carbons (Fsp3) is 0.700. The van der Waals surface area contributed by atoms with Crippen molar-refractivity contribution in [3.05, 3.63) is 29.3 Å². The fourth-order valence-corrected chi connectivity index (χ4v) is 4.69. The van der Waals surface area contributed by atoms with Crippen LogP contribution in [0.15, 0.2) is 18.2 Å². The lowest BCUT2D eigenvalue weighted by molar-refractivity contribution is 0.0848. The molecule has 0 N–H and O–H groups in total. The zero-order valence-electron chi connectivity index (χ0n) is 17.7. The summed E-state index contributed by atoms with van der Waals surface area (Å²) in [5.41, 5.74) is 2.47. The first-order valence-corrected chi connectivity index (χ1v) is 15.5. The van der Waals surface area contributed by atoms with Crippen LogP contribution in [0.25, 0.3) is 0 Å². The van der Waals surface area contributed by atoms with Crippen molar-refractivity contribution in [1.82, 2.24) is 0 Å². The molecule has 0 heterocycles. The van der Waals surface area contributed by atoms with Crippen LogP contribution in [0.1, 0.15) is 58.8 Å². The Morgan fingerprint density at radius 2 is 1.64 bits per heavy atom. The molecule has 1 unspecified atom stereocenters. The zero-order valence-corrected chi connectivity index (χ0v) is 21.3. The number of hydrogen-bond acceptors (Lipinski definition) is 2. The predicted octanol–water partition coefficient (Wildman–Crippen LogP) is 7.32. The van der Waals surface area contributed by atoms with Crippen LogP contribution in [0.5, 0.6) is 5.75 Å². The van der Waals surface area contributed by atoms with E-state index >= 15 is 0 Å². The molecule has 0 fully saturated rings. The van der Waals surface area contributed by atoms with Crippen LogP contribution in [0.2, 0.25) is 31.2 Å². The molecule has 1 aromatic carbocycles. The minimum atomic E-state index is -1.91. The van der Waals surface area contributed by atoms with E-state index < -0.39 is 17.4 Å². The average Bonchev–Trinajstić information content (AvgIpc) is 2.42. The van der Waals surface area contributed by atoms with E-state index in [1.54, 1.807) is 0 Å². The van der Waals surface area contributed by atoms with Gasteiger partial charge in [-0.2, -0.15) is 0 Å². The quantitative estimate of drug-likeness (QED) is 0.338. The summed E-state index contributed by atoms with van der Waals surface area (Å²) in [7, 11) is -2.73. The zero-order chi connectivity index (χ0) is 19.6. The summed E-state index contributed by atoms with van der Waals surface area (Å²) in [6.07, 6.45) is 0.0372. The van der Waals surface area contributed by atoms with Crippen molar-refractivity contribution in [3.8, 4) is 5.75 Å². The van der Waals surface area contributed by atoms with Gasteiger partial charge in [-0.1, -0.05) is 63.5 Å². The molecule has 1 aromatic rings. The monoisotopic (exact) mass is 443 g/mol. The Morgan fingerprint density at radius 3 is 2.04 bits per heavy atom. The lowest BCUT2D eigenvalue weighted by atomic mass is 9.84. The second kappa shape index (κ2) is 8.28. The van der Waals surface area contributed by atoms with Gasteiger partial charge in [-0.05, 0) is 54.3 Å². The van der Waals surface area contributed by atoms with Crippen LogP contribution >= 0.6 is 15.9 Å². The van der Waals surface area contributed by atoms with Crippen LogP contribution in [0, 0.1) is 5.41 Å². The van der Waals surface area contributed by atoms with Crippen molar-refractivity contribution in [3.63, 3.8) is 0 Å². The largest absolute Gasteiger partial charge is 0.543 e.